The third kappa shape index (κ3) is 1.64. The maximum atomic E-state index is 13.6. The van der Waals surface area contributed by atoms with Gasteiger partial charge < -0.3 is 5.32 Å². The molecule has 14 heavy (non-hydrogen) atoms. The Labute approximate surface area is 88.3 Å². The summed E-state index contributed by atoms with van der Waals surface area (Å²) in [6.07, 6.45) is 2.07. The lowest BCUT2D eigenvalue weighted by Crippen LogP contribution is -2.34. The smallest absolute Gasteiger partial charge is 0.129 e. The van der Waals surface area contributed by atoms with Crippen LogP contribution in [-0.4, -0.2) is 6.54 Å². The van der Waals surface area contributed by atoms with Gasteiger partial charge >= 0.3 is 0 Å². The van der Waals surface area contributed by atoms with Crippen molar-refractivity contribution >= 4 is 11.6 Å². The van der Waals surface area contributed by atoms with Gasteiger partial charge in [-0.1, -0.05) is 17.7 Å². The Bertz CT molecular complexity index is 345. The second-order valence-electron chi connectivity index (χ2n) is 3.99. The Morgan fingerprint density at radius 2 is 2.29 bits per heavy atom. The van der Waals surface area contributed by atoms with E-state index in [-0.39, 0.29) is 11.4 Å². The molecule has 0 bridgehead atoms. The molecule has 0 radical (unpaired) electrons. The normalized spacial score (nSPS) is 26.8. The van der Waals surface area contributed by atoms with Gasteiger partial charge in [-0.05, 0) is 38.4 Å². The molecule has 0 saturated carbocycles. The largest absolute Gasteiger partial charge is 0.308 e. The van der Waals surface area contributed by atoms with Crippen LogP contribution >= 0.6 is 11.6 Å². The quantitative estimate of drug-likeness (QED) is 0.756. The van der Waals surface area contributed by atoms with Crippen LogP contribution in [0.2, 0.25) is 5.02 Å². The zero-order valence-corrected chi connectivity index (χ0v) is 8.87. The highest BCUT2D eigenvalue weighted by molar-refractivity contribution is 6.30. The molecule has 3 heteroatoms. The van der Waals surface area contributed by atoms with Crippen molar-refractivity contribution in [2.75, 3.05) is 6.54 Å². The number of benzene rings is 1. The van der Waals surface area contributed by atoms with Crippen LogP contribution in [-0.2, 0) is 5.54 Å². The third-order valence-electron chi connectivity index (χ3n) is 2.89. The molecule has 1 unspecified atom stereocenters. The van der Waals surface area contributed by atoms with Crippen LogP contribution in [0.1, 0.15) is 25.3 Å². The fourth-order valence-corrected chi connectivity index (χ4v) is 2.22. The Morgan fingerprint density at radius 1 is 1.50 bits per heavy atom. The lowest BCUT2D eigenvalue weighted by Gasteiger charge is -2.25. The number of hydrogen-bond acceptors (Lipinski definition) is 1. The molecule has 1 aromatic rings. The van der Waals surface area contributed by atoms with E-state index in [1.54, 1.807) is 12.1 Å². The summed E-state index contributed by atoms with van der Waals surface area (Å²) in [5, 5.41) is 3.78. The topological polar surface area (TPSA) is 12.0 Å². The first-order valence-electron chi connectivity index (χ1n) is 4.82. The van der Waals surface area contributed by atoms with Crippen LogP contribution in [0.3, 0.4) is 0 Å². The first kappa shape index (κ1) is 9.94. The third-order valence-corrected chi connectivity index (χ3v) is 3.13. The zero-order valence-electron chi connectivity index (χ0n) is 8.11. The molecule has 2 rings (SSSR count). The monoisotopic (exact) mass is 213 g/mol. The second kappa shape index (κ2) is 3.52. The van der Waals surface area contributed by atoms with Crippen LogP contribution < -0.4 is 5.32 Å². The van der Waals surface area contributed by atoms with E-state index in [0.29, 0.717) is 5.02 Å². The van der Waals surface area contributed by atoms with E-state index >= 15 is 0 Å². The van der Waals surface area contributed by atoms with Crippen molar-refractivity contribution < 1.29 is 4.39 Å². The first-order chi connectivity index (χ1) is 6.62. The molecule has 1 aliphatic heterocycles. The lowest BCUT2D eigenvalue weighted by molar-refractivity contribution is 0.411. The Kier molecular flexibility index (Phi) is 2.50. The number of rotatable bonds is 1. The molecule has 1 saturated heterocycles. The fraction of sp³-hybridized carbons (Fsp3) is 0.455. The van der Waals surface area contributed by atoms with Crippen LogP contribution in [0.4, 0.5) is 4.39 Å². The zero-order chi connectivity index (χ0) is 10.2. The minimum Gasteiger partial charge on any atom is -0.308 e. The molecule has 1 heterocycles. The second-order valence-corrected chi connectivity index (χ2v) is 4.42. The van der Waals surface area contributed by atoms with Crippen LogP contribution in [0, 0.1) is 5.82 Å². The van der Waals surface area contributed by atoms with Gasteiger partial charge in [0.05, 0.1) is 0 Å². The van der Waals surface area contributed by atoms with E-state index in [4.69, 9.17) is 11.6 Å². The summed E-state index contributed by atoms with van der Waals surface area (Å²) in [6, 6.07) is 4.89. The van der Waals surface area contributed by atoms with E-state index in [0.717, 1.165) is 24.9 Å². The molecule has 1 N–H and O–H groups in total. The molecular weight excluding hydrogens is 201 g/mol. The summed E-state index contributed by atoms with van der Waals surface area (Å²) in [5.74, 6) is -0.214. The van der Waals surface area contributed by atoms with Gasteiger partial charge in [0.15, 0.2) is 0 Å². The molecule has 0 spiro atoms. The van der Waals surface area contributed by atoms with E-state index in [9.17, 15) is 4.39 Å². The average Bonchev–Trinajstić information content (AvgIpc) is 2.52. The van der Waals surface area contributed by atoms with Gasteiger partial charge in [-0.15, -0.1) is 0 Å². The molecule has 1 nitrogen and oxygen atoms in total. The minimum atomic E-state index is -0.214. The predicted molar refractivity (Wildman–Crippen MR) is 56.0 cm³/mol. The first-order valence-corrected chi connectivity index (χ1v) is 5.20. The average molecular weight is 214 g/mol. The summed E-state index contributed by atoms with van der Waals surface area (Å²) in [4.78, 5) is 0. The summed E-state index contributed by atoms with van der Waals surface area (Å²) < 4.78 is 13.6. The van der Waals surface area contributed by atoms with Gasteiger partial charge in [0.1, 0.15) is 5.82 Å². The molecule has 0 aromatic heterocycles. The SMILES string of the molecule is CC1(c2ccc(Cl)cc2F)CCCN1. The lowest BCUT2D eigenvalue weighted by atomic mass is 9.90. The Balaban J connectivity index is 2.40. The van der Waals surface area contributed by atoms with E-state index in [2.05, 4.69) is 5.32 Å². The van der Waals surface area contributed by atoms with Crippen molar-refractivity contribution in [1.82, 2.24) is 5.32 Å². The minimum absolute atomic E-state index is 0.214. The molecule has 0 amide bonds. The molecular formula is C11H13ClFN. The molecule has 1 fully saturated rings. The molecule has 1 aromatic carbocycles. The molecule has 1 atom stereocenters. The number of hydrogen-bond donors (Lipinski definition) is 1. The standard InChI is InChI=1S/C11H13ClFN/c1-11(5-2-6-14-11)9-4-3-8(12)7-10(9)13/h3-4,7,14H,2,5-6H2,1H3. The molecule has 1 aliphatic rings. The summed E-state index contributed by atoms with van der Waals surface area (Å²) >= 11 is 5.71. The Hall–Kier alpha value is -0.600. The van der Waals surface area contributed by atoms with Crippen molar-refractivity contribution in [3.05, 3.63) is 34.6 Å². The van der Waals surface area contributed by atoms with E-state index < -0.39 is 0 Å². The maximum absolute atomic E-state index is 13.6. The highest BCUT2D eigenvalue weighted by Gasteiger charge is 2.32. The summed E-state index contributed by atoms with van der Waals surface area (Å²) in [7, 11) is 0. The van der Waals surface area contributed by atoms with Gasteiger partial charge in [0, 0.05) is 16.1 Å². The fourth-order valence-electron chi connectivity index (χ4n) is 2.06. The van der Waals surface area contributed by atoms with E-state index in [1.165, 1.54) is 6.07 Å². The number of nitrogens with one attached hydrogen (secondary N) is 1. The summed E-state index contributed by atoms with van der Waals surface area (Å²) in [5.41, 5.74) is 0.508. The summed E-state index contributed by atoms with van der Waals surface area (Å²) in [6.45, 7) is 2.99. The van der Waals surface area contributed by atoms with Crippen LogP contribution in [0.15, 0.2) is 18.2 Å². The van der Waals surface area contributed by atoms with Crippen molar-refractivity contribution in [2.45, 2.75) is 25.3 Å². The molecule has 76 valence electrons. The predicted octanol–water partition coefficient (Wildman–Crippen LogP) is 3.08. The van der Waals surface area contributed by atoms with Gasteiger partial charge in [0.25, 0.3) is 0 Å². The van der Waals surface area contributed by atoms with Gasteiger partial charge in [0.2, 0.25) is 0 Å². The number of halogens is 2. The molecule has 0 aliphatic carbocycles. The maximum Gasteiger partial charge on any atom is 0.129 e. The van der Waals surface area contributed by atoms with Gasteiger partial charge in [-0.2, -0.15) is 0 Å². The van der Waals surface area contributed by atoms with Gasteiger partial charge in [-0.3, -0.25) is 0 Å². The highest BCUT2D eigenvalue weighted by Crippen LogP contribution is 2.32. The van der Waals surface area contributed by atoms with E-state index in [1.807, 2.05) is 6.92 Å². The van der Waals surface area contributed by atoms with Crippen molar-refractivity contribution in [3.8, 4) is 0 Å². The van der Waals surface area contributed by atoms with Crippen molar-refractivity contribution in [3.63, 3.8) is 0 Å². The van der Waals surface area contributed by atoms with Crippen molar-refractivity contribution in [2.24, 2.45) is 0 Å². The van der Waals surface area contributed by atoms with Gasteiger partial charge in [-0.25, -0.2) is 4.39 Å². The van der Waals surface area contributed by atoms with Crippen LogP contribution in [0.25, 0.3) is 0 Å². The van der Waals surface area contributed by atoms with Crippen LogP contribution in [0.5, 0.6) is 0 Å². The van der Waals surface area contributed by atoms with Crippen molar-refractivity contribution in [1.29, 1.82) is 0 Å². The highest BCUT2D eigenvalue weighted by atomic mass is 35.5. The Morgan fingerprint density at radius 3 is 2.86 bits per heavy atom.